The maximum absolute atomic E-state index is 13.1. The van der Waals surface area contributed by atoms with Crippen molar-refractivity contribution in [2.75, 3.05) is 26.9 Å². The number of Topliss-reactive ketones (excluding diaryl/α,β-unsaturated/α-hetero) is 1. The second kappa shape index (κ2) is 10.7. The molecular weight excluding hydrogens is 418 g/mol. The van der Waals surface area contributed by atoms with Crippen molar-refractivity contribution >= 4 is 17.4 Å². The number of benzene rings is 2. The molecule has 0 bridgehead atoms. The number of ketones is 1. The Kier molecular flexibility index (Phi) is 7.92. The maximum Gasteiger partial charge on any atom is 0.295 e. The molecule has 1 saturated heterocycles. The van der Waals surface area contributed by atoms with Crippen LogP contribution < -0.4 is 4.74 Å². The van der Waals surface area contributed by atoms with Crippen LogP contribution in [0.15, 0.2) is 48.0 Å². The molecule has 0 aliphatic carbocycles. The molecule has 1 amide bonds. The Labute approximate surface area is 195 Å². The van der Waals surface area contributed by atoms with E-state index in [1.807, 2.05) is 37.3 Å². The van der Waals surface area contributed by atoms with Crippen LogP contribution in [0.2, 0.25) is 0 Å². The van der Waals surface area contributed by atoms with Crippen LogP contribution in [-0.2, 0) is 20.7 Å². The first kappa shape index (κ1) is 24.5. The van der Waals surface area contributed by atoms with E-state index in [0.717, 1.165) is 23.1 Å². The minimum absolute atomic E-state index is 0.0966. The Morgan fingerprint density at radius 2 is 1.82 bits per heavy atom. The van der Waals surface area contributed by atoms with Crippen LogP contribution >= 0.6 is 0 Å². The molecule has 6 nitrogen and oxygen atoms in total. The number of rotatable bonds is 9. The summed E-state index contributed by atoms with van der Waals surface area (Å²) < 4.78 is 10.9. The molecule has 33 heavy (non-hydrogen) atoms. The van der Waals surface area contributed by atoms with Gasteiger partial charge in [0.15, 0.2) is 0 Å². The van der Waals surface area contributed by atoms with Gasteiger partial charge in [-0.1, -0.05) is 45.0 Å². The first-order valence-electron chi connectivity index (χ1n) is 11.4. The van der Waals surface area contributed by atoms with Crippen LogP contribution in [0.5, 0.6) is 5.75 Å². The number of carbonyl (C=O) groups is 2. The van der Waals surface area contributed by atoms with Crippen molar-refractivity contribution in [3.8, 4) is 5.75 Å². The van der Waals surface area contributed by atoms with Crippen molar-refractivity contribution in [3.05, 3.63) is 70.3 Å². The quantitative estimate of drug-likeness (QED) is 0.341. The van der Waals surface area contributed by atoms with Gasteiger partial charge in [0.25, 0.3) is 11.7 Å². The number of aryl methyl sites for hydroxylation is 2. The van der Waals surface area contributed by atoms with E-state index in [0.29, 0.717) is 23.8 Å². The number of nitrogens with zero attached hydrogens (tertiary/aromatic N) is 1. The number of hydrogen-bond acceptors (Lipinski definition) is 5. The molecule has 0 aromatic heterocycles. The van der Waals surface area contributed by atoms with Crippen molar-refractivity contribution in [2.45, 2.75) is 40.2 Å². The molecule has 0 radical (unpaired) electrons. The van der Waals surface area contributed by atoms with E-state index < -0.39 is 17.7 Å². The second-order valence-electron chi connectivity index (χ2n) is 8.76. The number of hydrogen-bond donors (Lipinski definition) is 1. The Morgan fingerprint density at radius 3 is 2.39 bits per heavy atom. The van der Waals surface area contributed by atoms with Crippen molar-refractivity contribution in [1.29, 1.82) is 0 Å². The average Bonchev–Trinajstić information content (AvgIpc) is 3.05. The Hall–Kier alpha value is -3.12. The van der Waals surface area contributed by atoms with E-state index in [2.05, 4.69) is 20.8 Å². The zero-order valence-corrected chi connectivity index (χ0v) is 20.1. The first-order chi connectivity index (χ1) is 15.8. The van der Waals surface area contributed by atoms with Gasteiger partial charge >= 0.3 is 0 Å². The summed E-state index contributed by atoms with van der Waals surface area (Å²) in [5.74, 6) is -0.406. The highest BCUT2D eigenvalue weighted by Crippen LogP contribution is 2.40. The van der Waals surface area contributed by atoms with E-state index in [9.17, 15) is 14.7 Å². The van der Waals surface area contributed by atoms with Crippen molar-refractivity contribution < 1.29 is 24.2 Å². The number of methoxy groups -OCH3 is 1. The summed E-state index contributed by atoms with van der Waals surface area (Å²) in [6, 6.07) is 12.5. The van der Waals surface area contributed by atoms with Crippen LogP contribution in [0, 0.1) is 12.8 Å². The summed E-state index contributed by atoms with van der Waals surface area (Å²) in [5, 5.41) is 11.3. The third kappa shape index (κ3) is 5.28. The highest BCUT2D eigenvalue weighted by Gasteiger charge is 2.46. The van der Waals surface area contributed by atoms with Gasteiger partial charge in [-0.15, -0.1) is 0 Å². The lowest BCUT2D eigenvalue weighted by atomic mass is 9.93. The van der Waals surface area contributed by atoms with Crippen molar-refractivity contribution in [3.63, 3.8) is 0 Å². The number of carbonyl (C=O) groups excluding carboxylic acids is 2. The Bertz CT molecular complexity index is 1040. The standard InChI is InChI=1S/C27H33NO5/c1-6-19-7-9-20(10-8-19)24-23(26(30)27(31)28(24)13-14-32-5)25(29)22-12-11-21(15-18(22)4)33-16-17(2)3/h7-12,15,17,24,29H,6,13-14,16H2,1-5H3/t24-/m1/s1. The fourth-order valence-corrected chi connectivity index (χ4v) is 3.98. The minimum atomic E-state index is -0.687. The van der Waals surface area contributed by atoms with Crippen LogP contribution in [-0.4, -0.2) is 48.6 Å². The monoisotopic (exact) mass is 451 g/mol. The number of likely N-dealkylation sites (tertiary alicyclic amines) is 1. The van der Waals surface area contributed by atoms with E-state index in [4.69, 9.17) is 9.47 Å². The minimum Gasteiger partial charge on any atom is -0.507 e. The smallest absolute Gasteiger partial charge is 0.295 e. The molecule has 1 fully saturated rings. The van der Waals surface area contributed by atoms with Gasteiger partial charge in [0.2, 0.25) is 0 Å². The molecule has 0 saturated carbocycles. The third-order valence-electron chi connectivity index (χ3n) is 5.82. The van der Waals surface area contributed by atoms with Crippen LogP contribution in [0.4, 0.5) is 0 Å². The zero-order chi connectivity index (χ0) is 24.1. The summed E-state index contributed by atoms with van der Waals surface area (Å²) in [6.07, 6.45) is 0.883. The van der Waals surface area contributed by atoms with Crippen LogP contribution in [0.3, 0.4) is 0 Å². The largest absolute Gasteiger partial charge is 0.507 e. The van der Waals surface area contributed by atoms with Gasteiger partial charge in [-0.3, -0.25) is 9.59 Å². The molecule has 3 rings (SSSR count). The van der Waals surface area contributed by atoms with E-state index in [1.54, 1.807) is 19.2 Å². The van der Waals surface area contributed by atoms with Crippen LogP contribution in [0.25, 0.3) is 5.76 Å². The van der Waals surface area contributed by atoms with Gasteiger partial charge in [0, 0.05) is 19.2 Å². The van der Waals surface area contributed by atoms with Crippen LogP contribution in [0.1, 0.15) is 49.1 Å². The fourth-order valence-electron chi connectivity index (χ4n) is 3.98. The van der Waals surface area contributed by atoms with Gasteiger partial charge in [0.1, 0.15) is 11.5 Å². The molecular formula is C27H33NO5. The lowest BCUT2D eigenvalue weighted by molar-refractivity contribution is -0.140. The highest BCUT2D eigenvalue weighted by molar-refractivity contribution is 6.46. The lowest BCUT2D eigenvalue weighted by Gasteiger charge is -2.25. The lowest BCUT2D eigenvalue weighted by Crippen LogP contribution is -2.32. The third-order valence-corrected chi connectivity index (χ3v) is 5.82. The average molecular weight is 452 g/mol. The number of aliphatic hydroxyl groups is 1. The fraction of sp³-hybridized carbons (Fsp3) is 0.407. The molecule has 2 aromatic carbocycles. The number of ether oxygens (including phenoxy) is 2. The first-order valence-corrected chi connectivity index (χ1v) is 11.4. The SMILES string of the molecule is CCc1ccc([C@@H]2C(=C(O)c3ccc(OCC(C)C)cc3C)C(=O)C(=O)N2CCOC)cc1. The van der Waals surface area contributed by atoms with Crippen molar-refractivity contribution in [2.24, 2.45) is 5.92 Å². The molecule has 1 heterocycles. The summed E-state index contributed by atoms with van der Waals surface area (Å²) in [5.41, 5.74) is 3.29. The van der Waals surface area contributed by atoms with E-state index in [1.165, 1.54) is 4.90 Å². The molecule has 0 spiro atoms. The molecule has 176 valence electrons. The topological polar surface area (TPSA) is 76.1 Å². The summed E-state index contributed by atoms with van der Waals surface area (Å²) in [6.45, 7) is 9.19. The van der Waals surface area contributed by atoms with E-state index in [-0.39, 0.29) is 24.5 Å². The van der Waals surface area contributed by atoms with Gasteiger partial charge in [-0.25, -0.2) is 0 Å². The normalized spacial score (nSPS) is 17.8. The predicted octanol–water partition coefficient (Wildman–Crippen LogP) is 4.66. The van der Waals surface area contributed by atoms with Gasteiger partial charge < -0.3 is 19.5 Å². The summed E-state index contributed by atoms with van der Waals surface area (Å²) in [7, 11) is 1.55. The molecule has 1 aliphatic rings. The molecule has 2 aromatic rings. The molecule has 0 unspecified atom stereocenters. The predicted molar refractivity (Wildman–Crippen MR) is 128 cm³/mol. The van der Waals surface area contributed by atoms with Gasteiger partial charge in [0.05, 0.1) is 24.8 Å². The van der Waals surface area contributed by atoms with Gasteiger partial charge in [-0.2, -0.15) is 0 Å². The molecule has 1 N–H and O–H groups in total. The Balaban J connectivity index is 2.07. The summed E-state index contributed by atoms with van der Waals surface area (Å²) in [4.78, 5) is 27.5. The Morgan fingerprint density at radius 1 is 1.12 bits per heavy atom. The summed E-state index contributed by atoms with van der Waals surface area (Å²) >= 11 is 0. The number of amides is 1. The van der Waals surface area contributed by atoms with Gasteiger partial charge in [-0.05, 0) is 54.2 Å². The maximum atomic E-state index is 13.1. The highest BCUT2D eigenvalue weighted by atomic mass is 16.5. The molecule has 1 aliphatic heterocycles. The second-order valence-corrected chi connectivity index (χ2v) is 8.76. The molecule has 6 heteroatoms. The van der Waals surface area contributed by atoms with E-state index >= 15 is 0 Å². The molecule has 1 atom stereocenters. The number of aliphatic hydroxyl groups excluding tert-OH is 1. The van der Waals surface area contributed by atoms with Crippen molar-refractivity contribution in [1.82, 2.24) is 4.90 Å². The zero-order valence-electron chi connectivity index (χ0n) is 20.1.